The normalized spacial score (nSPS) is 15.6. The van der Waals surface area contributed by atoms with Crippen LogP contribution in [0.15, 0.2) is 42.6 Å². The van der Waals surface area contributed by atoms with E-state index in [1.165, 1.54) is 24.3 Å². The minimum absolute atomic E-state index is 0.0721. The lowest BCUT2D eigenvalue weighted by atomic mass is 10.1. The number of alkyl halides is 3. The van der Waals surface area contributed by atoms with Crippen molar-refractivity contribution in [2.24, 2.45) is 0 Å². The molecule has 0 spiro atoms. The van der Waals surface area contributed by atoms with Crippen LogP contribution in [0.3, 0.4) is 0 Å². The van der Waals surface area contributed by atoms with Crippen LogP contribution in [0, 0.1) is 0 Å². The van der Waals surface area contributed by atoms with Gasteiger partial charge in [-0.3, -0.25) is 4.79 Å². The number of likely N-dealkylation sites (N-methyl/N-ethyl adjacent to an activating group) is 1. The number of halogens is 3. The fourth-order valence-electron chi connectivity index (χ4n) is 3.06. The van der Waals surface area contributed by atoms with Gasteiger partial charge in [0.2, 0.25) is 0 Å². The number of carbonyl (C=O) groups is 1. The molecule has 1 saturated heterocycles. The predicted octanol–water partition coefficient (Wildman–Crippen LogP) is 3.49. The first kappa shape index (κ1) is 19.2. The van der Waals surface area contributed by atoms with Gasteiger partial charge in [-0.2, -0.15) is 13.2 Å². The lowest BCUT2D eigenvalue weighted by Gasteiger charge is -2.35. The molecule has 5 nitrogen and oxygen atoms in total. The van der Waals surface area contributed by atoms with E-state index in [-0.39, 0.29) is 11.4 Å². The summed E-state index contributed by atoms with van der Waals surface area (Å²) in [4.78, 5) is 21.0. The molecule has 1 aromatic carbocycles. The molecule has 1 fully saturated rings. The van der Waals surface area contributed by atoms with E-state index in [1.807, 2.05) is 0 Å². The van der Waals surface area contributed by atoms with E-state index < -0.39 is 17.6 Å². The van der Waals surface area contributed by atoms with E-state index in [1.54, 1.807) is 12.3 Å². The molecule has 27 heavy (non-hydrogen) atoms. The third-order valence-corrected chi connectivity index (χ3v) is 4.65. The van der Waals surface area contributed by atoms with Crippen LogP contribution in [0.1, 0.15) is 23.0 Å². The number of aromatic nitrogens is 1. The van der Waals surface area contributed by atoms with Crippen LogP contribution in [0.4, 0.5) is 24.5 Å². The first-order valence-electron chi connectivity index (χ1n) is 8.79. The molecular weight excluding hydrogens is 357 g/mol. The van der Waals surface area contributed by atoms with E-state index in [0.717, 1.165) is 44.5 Å². The van der Waals surface area contributed by atoms with E-state index >= 15 is 0 Å². The average molecular weight is 378 g/mol. The molecule has 2 aromatic rings. The second kappa shape index (κ2) is 7.96. The molecule has 8 heteroatoms. The topological polar surface area (TPSA) is 48.5 Å². The van der Waals surface area contributed by atoms with Crippen LogP contribution in [0.5, 0.6) is 0 Å². The largest absolute Gasteiger partial charge is 0.418 e. The minimum atomic E-state index is -4.54. The Morgan fingerprint density at radius 3 is 2.41 bits per heavy atom. The van der Waals surface area contributed by atoms with E-state index in [4.69, 9.17) is 0 Å². The molecule has 1 aliphatic heterocycles. The Balaban J connectivity index is 1.69. The number of nitrogens with zero attached hydrogens (tertiary/aromatic N) is 3. The first-order chi connectivity index (χ1) is 12.9. The van der Waals surface area contributed by atoms with Crippen molar-refractivity contribution in [3.05, 3.63) is 53.9 Å². The number of amides is 1. The molecule has 0 saturated carbocycles. The number of rotatable bonds is 4. The highest BCUT2D eigenvalue weighted by atomic mass is 19.4. The monoisotopic (exact) mass is 378 g/mol. The molecule has 0 unspecified atom stereocenters. The van der Waals surface area contributed by atoms with Crippen molar-refractivity contribution < 1.29 is 18.0 Å². The Morgan fingerprint density at radius 2 is 1.81 bits per heavy atom. The predicted molar refractivity (Wildman–Crippen MR) is 98.0 cm³/mol. The summed E-state index contributed by atoms with van der Waals surface area (Å²) in [6.07, 6.45) is -2.95. The Labute approximate surface area is 155 Å². The molecule has 0 atom stereocenters. The lowest BCUT2D eigenvalue weighted by molar-refractivity contribution is -0.136. The van der Waals surface area contributed by atoms with Crippen LogP contribution in [-0.4, -0.2) is 48.5 Å². The van der Waals surface area contributed by atoms with Crippen molar-refractivity contribution in [1.82, 2.24) is 9.88 Å². The molecular formula is C19H21F3N4O. The first-order valence-corrected chi connectivity index (χ1v) is 8.79. The molecule has 1 aromatic heterocycles. The molecule has 1 N–H and O–H groups in total. The number of nitrogens with one attached hydrogen (secondary N) is 1. The molecule has 0 aliphatic carbocycles. The zero-order valence-electron chi connectivity index (χ0n) is 15.0. The number of benzene rings is 1. The summed E-state index contributed by atoms with van der Waals surface area (Å²) >= 11 is 0. The fourth-order valence-corrected chi connectivity index (χ4v) is 3.06. The van der Waals surface area contributed by atoms with E-state index in [2.05, 4.69) is 27.0 Å². The third kappa shape index (κ3) is 4.57. The molecule has 1 aliphatic rings. The molecule has 0 bridgehead atoms. The summed E-state index contributed by atoms with van der Waals surface area (Å²) in [5.74, 6) is -0.672. The summed E-state index contributed by atoms with van der Waals surface area (Å²) in [6.45, 7) is 6.83. The number of piperazine rings is 1. The van der Waals surface area contributed by atoms with Crippen molar-refractivity contribution in [3.8, 4) is 0 Å². The maximum atomic E-state index is 13.0. The Morgan fingerprint density at radius 1 is 1.11 bits per heavy atom. The maximum absolute atomic E-state index is 13.0. The van der Waals surface area contributed by atoms with Gasteiger partial charge >= 0.3 is 6.18 Å². The van der Waals surface area contributed by atoms with Gasteiger partial charge in [0.25, 0.3) is 5.91 Å². The quantitative estimate of drug-likeness (QED) is 0.885. The number of carbonyl (C=O) groups excluding carboxylic acids is 1. The van der Waals surface area contributed by atoms with Crippen LogP contribution in [-0.2, 0) is 6.18 Å². The van der Waals surface area contributed by atoms with Gasteiger partial charge in [-0.1, -0.05) is 19.1 Å². The number of anilines is 2. The highest BCUT2D eigenvalue weighted by Crippen LogP contribution is 2.34. The number of hydrogen-bond acceptors (Lipinski definition) is 4. The summed E-state index contributed by atoms with van der Waals surface area (Å²) < 4.78 is 39.1. The van der Waals surface area contributed by atoms with Gasteiger partial charge in [-0.15, -0.1) is 0 Å². The summed E-state index contributed by atoms with van der Waals surface area (Å²) in [6, 6.07) is 8.19. The van der Waals surface area contributed by atoms with Crippen LogP contribution < -0.4 is 10.2 Å². The van der Waals surface area contributed by atoms with Crippen molar-refractivity contribution in [2.75, 3.05) is 42.9 Å². The summed E-state index contributed by atoms with van der Waals surface area (Å²) in [5, 5.41) is 2.30. The average Bonchev–Trinajstić information content (AvgIpc) is 2.68. The third-order valence-electron chi connectivity index (χ3n) is 4.65. The number of hydrogen-bond donors (Lipinski definition) is 1. The van der Waals surface area contributed by atoms with E-state index in [0.29, 0.717) is 0 Å². The zero-order valence-corrected chi connectivity index (χ0v) is 15.0. The van der Waals surface area contributed by atoms with Gasteiger partial charge < -0.3 is 15.1 Å². The van der Waals surface area contributed by atoms with Gasteiger partial charge in [0, 0.05) is 26.2 Å². The minimum Gasteiger partial charge on any atom is -0.368 e. The van der Waals surface area contributed by atoms with Crippen LogP contribution in [0.25, 0.3) is 0 Å². The highest BCUT2D eigenvalue weighted by molar-refractivity contribution is 6.03. The Bertz CT molecular complexity index is 784. The van der Waals surface area contributed by atoms with Crippen molar-refractivity contribution >= 4 is 17.3 Å². The Hall–Kier alpha value is -2.61. The lowest BCUT2D eigenvalue weighted by Crippen LogP contribution is -2.46. The molecule has 0 radical (unpaired) electrons. The standard InChI is InChI=1S/C19H21F3N4O/c1-2-25-9-11-26(12-10-25)14-7-8-17(23-13-14)18(27)24-16-6-4-3-5-15(16)19(20,21)22/h3-8,13H,2,9-12H2,1H3,(H,24,27). The van der Waals surface area contributed by atoms with Gasteiger partial charge in [0.15, 0.2) is 0 Å². The van der Waals surface area contributed by atoms with Crippen molar-refractivity contribution in [3.63, 3.8) is 0 Å². The smallest absolute Gasteiger partial charge is 0.368 e. The molecule has 2 heterocycles. The van der Waals surface area contributed by atoms with Crippen LogP contribution >= 0.6 is 0 Å². The SMILES string of the molecule is CCN1CCN(c2ccc(C(=O)Nc3ccccc3C(F)(F)F)nc2)CC1. The zero-order chi connectivity index (χ0) is 19.4. The Kier molecular flexibility index (Phi) is 5.65. The maximum Gasteiger partial charge on any atom is 0.418 e. The summed E-state index contributed by atoms with van der Waals surface area (Å²) in [5.41, 5.74) is -0.193. The summed E-state index contributed by atoms with van der Waals surface area (Å²) in [7, 11) is 0. The second-order valence-electron chi connectivity index (χ2n) is 6.32. The molecule has 144 valence electrons. The van der Waals surface area contributed by atoms with Gasteiger partial charge in [-0.05, 0) is 30.8 Å². The van der Waals surface area contributed by atoms with Crippen molar-refractivity contribution in [2.45, 2.75) is 13.1 Å². The number of pyridine rings is 1. The van der Waals surface area contributed by atoms with Gasteiger partial charge in [0.1, 0.15) is 5.69 Å². The fraction of sp³-hybridized carbons (Fsp3) is 0.368. The van der Waals surface area contributed by atoms with Crippen LogP contribution in [0.2, 0.25) is 0 Å². The number of para-hydroxylation sites is 1. The van der Waals surface area contributed by atoms with Gasteiger partial charge in [-0.25, -0.2) is 4.98 Å². The van der Waals surface area contributed by atoms with Gasteiger partial charge in [0.05, 0.1) is 23.1 Å². The molecule has 3 rings (SSSR count). The van der Waals surface area contributed by atoms with E-state index in [9.17, 15) is 18.0 Å². The highest BCUT2D eigenvalue weighted by Gasteiger charge is 2.33. The van der Waals surface area contributed by atoms with Crippen molar-refractivity contribution in [1.29, 1.82) is 0 Å². The molecule has 1 amide bonds. The second-order valence-corrected chi connectivity index (χ2v) is 6.32.